The quantitative estimate of drug-likeness (QED) is 0.863. The highest BCUT2D eigenvalue weighted by molar-refractivity contribution is 5.92. The van der Waals surface area contributed by atoms with Gasteiger partial charge in [-0.25, -0.2) is 9.59 Å². The molecule has 0 spiro atoms. The topological polar surface area (TPSA) is 82.7 Å². The molecule has 0 amide bonds. The first-order valence-corrected chi connectivity index (χ1v) is 8.63. The number of aromatic carboxylic acids is 1. The highest BCUT2D eigenvalue weighted by atomic mass is 16.6. The van der Waals surface area contributed by atoms with Crippen molar-refractivity contribution in [3.05, 3.63) is 34.2 Å². The van der Waals surface area contributed by atoms with Crippen molar-refractivity contribution in [2.45, 2.75) is 39.5 Å². The molecule has 25 heavy (non-hydrogen) atoms. The number of imidazole rings is 1. The van der Waals surface area contributed by atoms with Gasteiger partial charge in [-0.3, -0.25) is 9.13 Å². The van der Waals surface area contributed by atoms with E-state index in [0.717, 1.165) is 11.9 Å². The van der Waals surface area contributed by atoms with Gasteiger partial charge in [-0.2, -0.15) is 0 Å². The Kier molecular flexibility index (Phi) is 5.24. The maximum Gasteiger partial charge on any atom is 0.335 e. The van der Waals surface area contributed by atoms with Crippen LogP contribution in [0, 0.1) is 5.92 Å². The van der Waals surface area contributed by atoms with Gasteiger partial charge in [0, 0.05) is 6.54 Å². The summed E-state index contributed by atoms with van der Waals surface area (Å²) in [5, 5.41) is 9.27. The van der Waals surface area contributed by atoms with Gasteiger partial charge in [-0.15, -0.1) is 0 Å². The predicted octanol–water partition coefficient (Wildman–Crippen LogP) is 1.96. The summed E-state index contributed by atoms with van der Waals surface area (Å²) in [4.78, 5) is 24.3. The van der Waals surface area contributed by atoms with E-state index in [2.05, 4.69) is 13.8 Å². The molecular weight excluding hydrogens is 324 g/mol. The van der Waals surface area contributed by atoms with Crippen LogP contribution in [-0.4, -0.2) is 46.1 Å². The Morgan fingerprint density at radius 1 is 1.28 bits per heavy atom. The first-order chi connectivity index (χ1) is 12.0. The minimum absolute atomic E-state index is 0.132. The summed E-state index contributed by atoms with van der Waals surface area (Å²) < 4.78 is 14.4. The van der Waals surface area contributed by atoms with E-state index in [1.165, 1.54) is 0 Å². The molecule has 1 aliphatic rings. The third-order valence-corrected chi connectivity index (χ3v) is 4.47. The zero-order chi connectivity index (χ0) is 18.0. The SMILES string of the molecule is CC(C)CCn1c(=O)n(CC2COCCO2)c2cc(C(=O)O)ccc21. The molecule has 1 N–H and O–H groups in total. The fraction of sp³-hybridized carbons (Fsp3) is 0.556. The Morgan fingerprint density at radius 2 is 2.08 bits per heavy atom. The van der Waals surface area contributed by atoms with Crippen LogP contribution in [0.5, 0.6) is 0 Å². The van der Waals surface area contributed by atoms with Crippen molar-refractivity contribution < 1.29 is 19.4 Å². The van der Waals surface area contributed by atoms with Crippen molar-refractivity contribution in [1.82, 2.24) is 9.13 Å². The molecule has 0 saturated carbocycles. The zero-order valence-electron chi connectivity index (χ0n) is 14.6. The second-order valence-corrected chi connectivity index (χ2v) is 6.80. The fourth-order valence-electron chi connectivity index (χ4n) is 3.08. The van der Waals surface area contributed by atoms with Crippen LogP contribution in [0.25, 0.3) is 11.0 Å². The van der Waals surface area contributed by atoms with Gasteiger partial charge >= 0.3 is 11.7 Å². The molecule has 3 rings (SSSR count). The molecule has 2 aromatic rings. The van der Waals surface area contributed by atoms with E-state index in [1.54, 1.807) is 27.3 Å². The van der Waals surface area contributed by atoms with E-state index in [0.29, 0.717) is 44.3 Å². The van der Waals surface area contributed by atoms with Gasteiger partial charge in [-0.1, -0.05) is 13.8 Å². The Hall–Kier alpha value is -2.12. The molecule has 1 unspecified atom stereocenters. The number of aryl methyl sites for hydroxylation is 1. The van der Waals surface area contributed by atoms with Gasteiger partial charge in [0.1, 0.15) is 0 Å². The van der Waals surface area contributed by atoms with Gasteiger partial charge in [0.2, 0.25) is 0 Å². The molecule has 7 heteroatoms. The highest BCUT2D eigenvalue weighted by Crippen LogP contribution is 2.18. The molecule has 0 bridgehead atoms. The summed E-state index contributed by atoms with van der Waals surface area (Å²) in [5.74, 6) is -0.535. The summed E-state index contributed by atoms with van der Waals surface area (Å²) in [5.41, 5.74) is 1.42. The maximum absolute atomic E-state index is 12.9. The summed E-state index contributed by atoms with van der Waals surface area (Å²) in [6.45, 7) is 6.68. The molecule has 136 valence electrons. The monoisotopic (exact) mass is 348 g/mol. The molecule has 1 aromatic heterocycles. The lowest BCUT2D eigenvalue weighted by Crippen LogP contribution is -2.36. The standard InChI is InChI=1S/C18H24N2O5/c1-12(2)5-6-19-15-4-3-13(17(21)22)9-16(15)20(18(19)23)10-14-11-24-7-8-25-14/h3-4,9,12,14H,5-8,10-11H2,1-2H3,(H,21,22). The summed E-state index contributed by atoms with van der Waals surface area (Å²) in [7, 11) is 0. The maximum atomic E-state index is 12.9. The Balaban J connectivity index is 2.04. The molecule has 0 radical (unpaired) electrons. The summed E-state index contributed by atoms with van der Waals surface area (Å²) in [6, 6.07) is 4.82. The van der Waals surface area contributed by atoms with Crippen LogP contribution in [0.1, 0.15) is 30.6 Å². The Bertz CT molecular complexity index is 815. The minimum Gasteiger partial charge on any atom is -0.478 e. The van der Waals surface area contributed by atoms with Crippen molar-refractivity contribution in [2.75, 3.05) is 19.8 Å². The fourth-order valence-corrected chi connectivity index (χ4v) is 3.08. The molecule has 7 nitrogen and oxygen atoms in total. The number of fused-ring (bicyclic) bond motifs is 1. The van der Waals surface area contributed by atoms with Crippen LogP contribution in [0.2, 0.25) is 0 Å². The van der Waals surface area contributed by atoms with Crippen molar-refractivity contribution in [1.29, 1.82) is 0 Å². The van der Waals surface area contributed by atoms with Gasteiger partial charge in [0.25, 0.3) is 0 Å². The van der Waals surface area contributed by atoms with Crippen LogP contribution in [-0.2, 0) is 22.6 Å². The number of carboxylic acid groups (broad SMARTS) is 1. The molecule has 1 atom stereocenters. The lowest BCUT2D eigenvalue weighted by atomic mass is 10.1. The number of aromatic nitrogens is 2. The van der Waals surface area contributed by atoms with Crippen LogP contribution >= 0.6 is 0 Å². The zero-order valence-corrected chi connectivity index (χ0v) is 14.6. The number of hydrogen-bond donors (Lipinski definition) is 1. The van der Waals surface area contributed by atoms with E-state index >= 15 is 0 Å². The van der Waals surface area contributed by atoms with E-state index in [1.807, 2.05) is 0 Å². The average Bonchev–Trinajstić information content (AvgIpc) is 2.85. The smallest absolute Gasteiger partial charge is 0.335 e. The van der Waals surface area contributed by atoms with Crippen LogP contribution in [0.4, 0.5) is 0 Å². The van der Waals surface area contributed by atoms with Gasteiger partial charge < -0.3 is 14.6 Å². The second-order valence-electron chi connectivity index (χ2n) is 6.80. The number of carboxylic acids is 1. The van der Waals surface area contributed by atoms with Gasteiger partial charge in [0.05, 0.1) is 49.1 Å². The van der Waals surface area contributed by atoms with Gasteiger partial charge in [0.15, 0.2) is 0 Å². The van der Waals surface area contributed by atoms with Crippen LogP contribution < -0.4 is 5.69 Å². The average molecular weight is 348 g/mol. The number of benzene rings is 1. The summed E-state index contributed by atoms with van der Waals surface area (Å²) in [6.07, 6.45) is 0.673. The number of hydrogen-bond acceptors (Lipinski definition) is 4. The molecule has 0 aliphatic carbocycles. The molecule has 1 aromatic carbocycles. The molecule has 1 fully saturated rings. The van der Waals surface area contributed by atoms with Crippen molar-refractivity contribution in [3.8, 4) is 0 Å². The van der Waals surface area contributed by atoms with E-state index in [-0.39, 0.29) is 17.4 Å². The summed E-state index contributed by atoms with van der Waals surface area (Å²) >= 11 is 0. The van der Waals surface area contributed by atoms with Crippen molar-refractivity contribution in [3.63, 3.8) is 0 Å². The van der Waals surface area contributed by atoms with Crippen molar-refractivity contribution >= 4 is 17.0 Å². The van der Waals surface area contributed by atoms with Crippen LogP contribution in [0.3, 0.4) is 0 Å². The predicted molar refractivity (Wildman–Crippen MR) is 93.2 cm³/mol. The largest absolute Gasteiger partial charge is 0.478 e. The first-order valence-electron chi connectivity index (χ1n) is 8.63. The number of nitrogens with zero attached hydrogens (tertiary/aromatic N) is 2. The number of carbonyl (C=O) groups is 1. The third-order valence-electron chi connectivity index (χ3n) is 4.47. The van der Waals surface area contributed by atoms with E-state index < -0.39 is 5.97 Å². The Morgan fingerprint density at radius 3 is 2.72 bits per heavy atom. The molecule has 1 saturated heterocycles. The number of rotatable bonds is 6. The lowest BCUT2D eigenvalue weighted by Gasteiger charge is -2.23. The molecular formula is C18H24N2O5. The second kappa shape index (κ2) is 7.41. The van der Waals surface area contributed by atoms with Crippen LogP contribution in [0.15, 0.2) is 23.0 Å². The first kappa shape index (κ1) is 17.7. The molecule has 1 aliphatic heterocycles. The minimum atomic E-state index is -1.01. The Labute approximate surface area is 145 Å². The molecule has 2 heterocycles. The van der Waals surface area contributed by atoms with E-state index in [9.17, 15) is 14.7 Å². The van der Waals surface area contributed by atoms with Gasteiger partial charge in [-0.05, 0) is 30.5 Å². The van der Waals surface area contributed by atoms with E-state index in [4.69, 9.17) is 9.47 Å². The normalized spacial score (nSPS) is 18.1. The third kappa shape index (κ3) is 3.77. The lowest BCUT2D eigenvalue weighted by molar-refractivity contribution is -0.0935. The van der Waals surface area contributed by atoms with Crippen molar-refractivity contribution in [2.24, 2.45) is 5.92 Å². The number of ether oxygens (including phenoxy) is 2. The highest BCUT2D eigenvalue weighted by Gasteiger charge is 2.21.